The van der Waals surface area contributed by atoms with Crippen molar-refractivity contribution in [3.05, 3.63) is 185 Å². The average molecular weight is 761 g/mol. The lowest BCUT2D eigenvalue weighted by Crippen LogP contribution is -2.38. The van der Waals surface area contributed by atoms with Crippen LogP contribution in [0.3, 0.4) is 0 Å². The summed E-state index contributed by atoms with van der Waals surface area (Å²) in [4.78, 5) is 0. The Morgan fingerprint density at radius 2 is 0.596 bits per heavy atom. The van der Waals surface area contributed by atoms with Gasteiger partial charge in [0.05, 0.1) is 5.41 Å². The molecule has 298 valence electrons. The molecule has 0 aromatic heterocycles. The van der Waals surface area contributed by atoms with Crippen molar-refractivity contribution in [2.45, 2.75) is 92.4 Å². The first-order valence-corrected chi connectivity index (χ1v) is 21.3. The fraction of sp³-hybridized carbons (Fsp3) is 0.333. The molecule has 0 amide bonds. The number of rotatable bonds is 2. The van der Waals surface area contributed by atoms with Crippen LogP contribution in [0.4, 0.5) is 0 Å². The molecule has 3 N–H and O–H groups in total. The third-order valence-electron chi connectivity index (χ3n) is 11.8. The predicted molar refractivity (Wildman–Crippen MR) is 240 cm³/mol. The molecular formula is C54H64O3. The van der Waals surface area contributed by atoms with Gasteiger partial charge in [0, 0.05) is 0 Å². The molecule has 3 heteroatoms. The van der Waals surface area contributed by atoms with E-state index in [1.54, 1.807) is 74.9 Å². The number of aryl methyl sites for hydroxylation is 3. The van der Waals surface area contributed by atoms with Crippen molar-refractivity contribution in [2.75, 3.05) is 0 Å². The Hall–Kier alpha value is -5.28. The van der Waals surface area contributed by atoms with Crippen molar-refractivity contribution in [1.82, 2.24) is 0 Å². The van der Waals surface area contributed by atoms with Gasteiger partial charge < -0.3 is 15.3 Å². The van der Waals surface area contributed by atoms with Crippen molar-refractivity contribution >= 4 is 0 Å². The van der Waals surface area contributed by atoms with Gasteiger partial charge in [0.25, 0.3) is 0 Å². The summed E-state index contributed by atoms with van der Waals surface area (Å²) in [5.41, 5.74) is 10.8. The molecule has 4 fully saturated rings. The number of phenols is 3. The van der Waals surface area contributed by atoms with Crippen LogP contribution in [-0.4, -0.2) is 15.3 Å². The fourth-order valence-corrected chi connectivity index (χ4v) is 9.61. The van der Waals surface area contributed by atoms with E-state index in [0.717, 1.165) is 0 Å². The van der Waals surface area contributed by atoms with Crippen LogP contribution in [0.1, 0.15) is 105 Å². The molecule has 0 unspecified atom stereocenters. The number of fused-ring (bicyclic) bond motifs is 3. The van der Waals surface area contributed by atoms with E-state index in [0.29, 0.717) is 11.5 Å². The first kappa shape index (κ1) is 42.9. The van der Waals surface area contributed by atoms with Gasteiger partial charge in [0.15, 0.2) is 0 Å². The van der Waals surface area contributed by atoms with Crippen molar-refractivity contribution in [3.8, 4) is 28.4 Å². The minimum Gasteiger partial charge on any atom is -0.508 e. The molecule has 11 rings (SSSR count). The maximum atomic E-state index is 9.88. The van der Waals surface area contributed by atoms with Crippen LogP contribution in [0, 0.1) is 44.4 Å². The Morgan fingerprint density at radius 1 is 0.351 bits per heavy atom. The molecule has 4 bridgehead atoms. The van der Waals surface area contributed by atoms with Crippen molar-refractivity contribution in [3.63, 3.8) is 0 Å². The van der Waals surface area contributed by atoms with Gasteiger partial charge in [0.1, 0.15) is 17.2 Å². The number of benzene rings is 6. The van der Waals surface area contributed by atoms with Gasteiger partial charge in [-0.05, 0) is 153 Å². The van der Waals surface area contributed by atoms with Gasteiger partial charge in [-0.1, -0.05) is 154 Å². The molecule has 6 aromatic rings. The van der Waals surface area contributed by atoms with E-state index in [9.17, 15) is 5.11 Å². The van der Waals surface area contributed by atoms with Crippen LogP contribution in [-0.2, 0) is 5.41 Å². The van der Waals surface area contributed by atoms with Crippen LogP contribution < -0.4 is 0 Å². The Morgan fingerprint density at radius 3 is 0.895 bits per heavy atom. The molecule has 0 spiro atoms. The molecule has 0 radical (unpaired) electrons. The standard InChI is InChI=1S/C26H20O.C10H16.2C7H8O.2C2H6/c1-18-10-12-19(13-11-18)26(20-14-16-21(27)17-15-20)24-8-4-2-6-22(24)23-7-3-5-9-25(23)26;1-7-2-9-4-8(1)5-10(3-7)6-9;2*1-6-2-4-7(8)5-3-6;2*1-2/h2-17,27H,1H3;7-10H,1-6H2;2*2-5,8H,1H3;2*1-2H3. The lowest BCUT2D eigenvalue weighted by Gasteiger charge is -2.49. The molecule has 4 saturated carbocycles. The first-order valence-electron chi connectivity index (χ1n) is 21.3. The van der Waals surface area contributed by atoms with Gasteiger partial charge in [-0.3, -0.25) is 0 Å². The predicted octanol–water partition coefficient (Wildman–Crippen LogP) is 14.3. The highest BCUT2D eigenvalue weighted by Crippen LogP contribution is 2.56. The summed E-state index contributed by atoms with van der Waals surface area (Å²) >= 11 is 0. The van der Waals surface area contributed by atoms with Crippen LogP contribution in [0.2, 0.25) is 0 Å². The first-order chi connectivity index (χ1) is 27.7. The summed E-state index contributed by atoms with van der Waals surface area (Å²) in [5.74, 6) is 5.66. The maximum Gasteiger partial charge on any atom is 0.115 e. The second-order valence-corrected chi connectivity index (χ2v) is 15.8. The minimum atomic E-state index is -0.380. The molecule has 0 aliphatic heterocycles. The third-order valence-corrected chi connectivity index (χ3v) is 11.8. The smallest absolute Gasteiger partial charge is 0.115 e. The molecule has 6 aromatic carbocycles. The molecule has 57 heavy (non-hydrogen) atoms. The van der Waals surface area contributed by atoms with E-state index in [2.05, 4.69) is 79.7 Å². The van der Waals surface area contributed by atoms with E-state index in [1.807, 2.05) is 77.9 Å². The SMILES string of the molecule is C1C2CC3CC1CC(C2)C3.CC.CC.Cc1ccc(C2(c3ccc(O)cc3)c3ccccc3-c3ccccc32)cc1.Cc1ccc(O)cc1.Cc1ccc(O)cc1. The minimum absolute atomic E-state index is 0.289. The van der Waals surface area contributed by atoms with E-state index in [-0.39, 0.29) is 11.2 Å². The highest BCUT2D eigenvalue weighted by atomic mass is 16.3. The molecule has 0 heterocycles. The van der Waals surface area contributed by atoms with Crippen LogP contribution in [0.5, 0.6) is 17.2 Å². The number of hydrogen-bond donors (Lipinski definition) is 3. The van der Waals surface area contributed by atoms with Gasteiger partial charge >= 0.3 is 0 Å². The third kappa shape index (κ3) is 10.2. The Balaban J connectivity index is 0.000000168. The normalized spacial score (nSPS) is 19.4. The van der Waals surface area contributed by atoms with Gasteiger partial charge in [-0.15, -0.1) is 0 Å². The molecule has 0 saturated heterocycles. The van der Waals surface area contributed by atoms with Crippen molar-refractivity contribution < 1.29 is 15.3 Å². The Bertz CT molecular complexity index is 1860. The topological polar surface area (TPSA) is 60.7 Å². The average Bonchev–Trinajstić information content (AvgIpc) is 3.53. The number of aromatic hydroxyl groups is 3. The fourth-order valence-electron chi connectivity index (χ4n) is 9.61. The Labute approximate surface area is 343 Å². The largest absolute Gasteiger partial charge is 0.508 e. The molecule has 5 aliphatic rings. The molecule has 5 aliphatic carbocycles. The summed E-state index contributed by atoms with van der Waals surface area (Å²) in [5, 5.41) is 27.4. The van der Waals surface area contributed by atoms with E-state index < -0.39 is 0 Å². The lowest BCUT2D eigenvalue weighted by molar-refractivity contribution is 0.0198. The van der Waals surface area contributed by atoms with Crippen molar-refractivity contribution in [1.29, 1.82) is 0 Å². The quantitative estimate of drug-likeness (QED) is 0.164. The zero-order valence-corrected chi connectivity index (χ0v) is 35.3. The van der Waals surface area contributed by atoms with Crippen LogP contribution in [0.25, 0.3) is 11.1 Å². The van der Waals surface area contributed by atoms with Crippen LogP contribution in [0.15, 0.2) is 146 Å². The summed E-state index contributed by atoms with van der Waals surface area (Å²) in [7, 11) is 0. The van der Waals surface area contributed by atoms with E-state index in [4.69, 9.17) is 10.2 Å². The maximum absolute atomic E-state index is 9.88. The molecular weight excluding hydrogens is 697 g/mol. The van der Waals surface area contributed by atoms with Gasteiger partial charge in [-0.25, -0.2) is 0 Å². The zero-order valence-electron chi connectivity index (χ0n) is 35.3. The van der Waals surface area contributed by atoms with E-state index >= 15 is 0 Å². The second-order valence-electron chi connectivity index (χ2n) is 15.8. The van der Waals surface area contributed by atoms with Crippen LogP contribution >= 0.6 is 0 Å². The Kier molecular flexibility index (Phi) is 15.2. The summed E-state index contributed by atoms with van der Waals surface area (Å²) in [6.07, 6.45) is 9.62. The monoisotopic (exact) mass is 760 g/mol. The van der Waals surface area contributed by atoms with E-state index in [1.165, 1.54) is 73.7 Å². The number of hydrogen-bond acceptors (Lipinski definition) is 3. The highest BCUT2D eigenvalue weighted by molar-refractivity contribution is 5.86. The molecule has 0 atom stereocenters. The van der Waals surface area contributed by atoms with Gasteiger partial charge in [-0.2, -0.15) is 0 Å². The summed E-state index contributed by atoms with van der Waals surface area (Å²) in [6, 6.07) is 48.1. The summed E-state index contributed by atoms with van der Waals surface area (Å²) < 4.78 is 0. The van der Waals surface area contributed by atoms with Gasteiger partial charge in [0.2, 0.25) is 0 Å². The van der Waals surface area contributed by atoms with Crippen molar-refractivity contribution in [2.24, 2.45) is 23.7 Å². The zero-order chi connectivity index (χ0) is 41.0. The molecule has 3 nitrogen and oxygen atoms in total. The summed E-state index contributed by atoms with van der Waals surface area (Å²) in [6.45, 7) is 14.1. The highest BCUT2D eigenvalue weighted by Gasteiger charge is 2.46. The number of phenolic OH excluding ortho intramolecular Hbond substituents is 3. The lowest BCUT2D eigenvalue weighted by atomic mass is 9.56. The second kappa shape index (κ2) is 20.2.